The van der Waals surface area contributed by atoms with E-state index >= 15 is 0 Å². The van der Waals surface area contributed by atoms with Crippen LogP contribution in [0.2, 0.25) is 0 Å². The monoisotopic (exact) mass is 493 g/mol. The minimum Gasteiger partial charge on any atom is -0.340 e. The lowest BCUT2D eigenvalue weighted by Crippen LogP contribution is -2.42. The molecule has 2 aromatic rings. The van der Waals surface area contributed by atoms with Crippen LogP contribution < -0.4 is 5.32 Å². The van der Waals surface area contributed by atoms with Crippen LogP contribution in [0.3, 0.4) is 0 Å². The SMILES string of the molecule is Cc1ccc(C(=O)Nc2cc(F)cc(CCC3CC[C@H](C)N(C(=O)C4CCCCC4)CC3)c2C)cn1. The van der Waals surface area contributed by atoms with Crippen LogP contribution in [0.5, 0.6) is 0 Å². The summed E-state index contributed by atoms with van der Waals surface area (Å²) in [7, 11) is 0. The van der Waals surface area contributed by atoms with Gasteiger partial charge in [0, 0.05) is 36.1 Å². The second-order valence-corrected chi connectivity index (χ2v) is 10.9. The molecule has 6 heteroatoms. The van der Waals surface area contributed by atoms with Crippen molar-refractivity contribution in [1.29, 1.82) is 0 Å². The zero-order valence-corrected chi connectivity index (χ0v) is 22.0. The van der Waals surface area contributed by atoms with Crippen molar-refractivity contribution in [3.8, 4) is 0 Å². The summed E-state index contributed by atoms with van der Waals surface area (Å²) in [5.41, 5.74) is 3.63. The van der Waals surface area contributed by atoms with Gasteiger partial charge in [0.25, 0.3) is 5.91 Å². The van der Waals surface area contributed by atoms with Crippen molar-refractivity contribution in [2.45, 2.75) is 91.0 Å². The van der Waals surface area contributed by atoms with Gasteiger partial charge < -0.3 is 10.2 Å². The Labute approximate surface area is 214 Å². The summed E-state index contributed by atoms with van der Waals surface area (Å²) in [5.74, 6) is 0.468. The van der Waals surface area contributed by atoms with E-state index in [9.17, 15) is 14.0 Å². The quantitative estimate of drug-likeness (QED) is 0.492. The lowest BCUT2D eigenvalue weighted by molar-refractivity contribution is -0.138. The zero-order chi connectivity index (χ0) is 25.7. The predicted octanol–water partition coefficient (Wildman–Crippen LogP) is 6.62. The first kappa shape index (κ1) is 26.3. The second kappa shape index (κ2) is 12.0. The van der Waals surface area contributed by atoms with Gasteiger partial charge in [0.15, 0.2) is 0 Å². The molecule has 0 bridgehead atoms. The molecule has 1 aliphatic carbocycles. The summed E-state index contributed by atoms with van der Waals surface area (Å²) in [6.07, 6.45) is 12.1. The molecule has 194 valence electrons. The number of hydrogen-bond acceptors (Lipinski definition) is 3. The fraction of sp³-hybridized carbons (Fsp3) is 0.567. The Morgan fingerprint density at radius 2 is 1.83 bits per heavy atom. The predicted molar refractivity (Wildman–Crippen MR) is 141 cm³/mol. The first-order valence-electron chi connectivity index (χ1n) is 13.7. The molecule has 1 aliphatic heterocycles. The largest absolute Gasteiger partial charge is 0.340 e. The maximum Gasteiger partial charge on any atom is 0.257 e. The van der Waals surface area contributed by atoms with Crippen molar-refractivity contribution in [2.24, 2.45) is 11.8 Å². The number of aryl methyl sites for hydroxylation is 2. The van der Waals surface area contributed by atoms with Crippen LogP contribution in [0.4, 0.5) is 10.1 Å². The van der Waals surface area contributed by atoms with Crippen molar-refractivity contribution < 1.29 is 14.0 Å². The fourth-order valence-corrected chi connectivity index (χ4v) is 5.80. The van der Waals surface area contributed by atoms with E-state index in [0.29, 0.717) is 29.1 Å². The number of hydrogen-bond donors (Lipinski definition) is 1. The highest BCUT2D eigenvalue weighted by Crippen LogP contribution is 2.31. The number of aromatic nitrogens is 1. The molecule has 2 aliphatic rings. The Balaban J connectivity index is 1.37. The van der Waals surface area contributed by atoms with E-state index < -0.39 is 0 Å². The Morgan fingerprint density at radius 1 is 1.06 bits per heavy atom. The highest BCUT2D eigenvalue weighted by Gasteiger charge is 2.31. The summed E-state index contributed by atoms with van der Waals surface area (Å²) in [6.45, 7) is 6.83. The molecule has 2 heterocycles. The summed E-state index contributed by atoms with van der Waals surface area (Å²) in [4.78, 5) is 32.2. The van der Waals surface area contributed by atoms with Gasteiger partial charge in [0.1, 0.15) is 5.82 Å². The van der Waals surface area contributed by atoms with Crippen LogP contribution in [0.1, 0.15) is 91.9 Å². The van der Waals surface area contributed by atoms with E-state index in [1.165, 1.54) is 31.5 Å². The Bertz CT molecular complexity index is 1060. The molecule has 0 radical (unpaired) electrons. The average molecular weight is 494 g/mol. The van der Waals surface area contributed by atoms with Crippen molar-refractivity contribution in [3.05, 3.63) is 58.7 Å². The van der Waals surface area contributed by atoms with Crippen LogP contribution in [0.25, 0.3) is 0 Å². The van der Waals surface area contributed by atoms with E-state index in [0.717, 1.165) is 68.3 Å². The normalized spacial score (nSPS) is 21.2. The molecule has 1 unspecified atom stereocenters. The standard InChI is InChI=1S/C30H40FN3O2/c1-20-9-13-26(19-32-20)29(35)33-28-18-27(31)17-25(22(28)3)14-12-23-11-10-21(2)34(16-15-23)30(36)24-7-5-4-6-8-24/h9,13,17-19,21,23-24H,4-8,10-12,14-16H2,1-3H3,(H,33,35)/t21-,23?/m0/s1. The third-order valence-electron chi connectivity index (χ3n) is 8.26. The van der Waals surface area contributed by atoms with Crippen LogP contribution >= 0.6 is 0 Å². The zero-order valence-electron chi connectivity index (χ0n) is 22.0. The van der Waals surface area contributed by atoms with Gasteiger partial charge in [-0.2, -0.15) is 0 Å². The summed E-state index contributed by atoms with van der Waals surface area (Å²) >= 11 is 0. The second-order valence-electron chi connectivity index (χ2n) is 10.9. The topological polar surface area (TPSA) is 62.3 Å². The van der Waals surface area contributed by atoms with Gasteiger partial charge in [-0.3, -0.25) is 14.6 Å². The molecule has 0 spiro atoms. The molecule has 2 fully saturated rings. The number of carbonyl (C=O) groups excluding carboxylic acids is 2. The summed E-state index contributed by atoms with van der Waals surface area (Å²) in [6, 6.07) is 6.79. The molecule has 36 heavy (non-hydrogen) atoms. The number of anilines is 1. The van der Waals surface area contributed by atoms with Crippen molar-refractivity contribution in [2.75, 3.05) is 11.9 Å². The number of pyridine rings is 1. The molecule has 2 amide bonds. The van der Waals surface area contributed by atoms with Crippen LogP contribution in [0.15, 0.2) is 30.5 Å². The molecule has 4 rings (SSSR count). The first-order valence-corrected chi connectivity index (χ1v) is 13.7. The lowest BCUT2D eigenvalue weighted by atomic mass is 9.88. The highest BCUT2D eigenvalue weighted by atomic mass is 19.1. The third-order valence-corrected chi connectivity index (χ3v) is 8.26. The molecular formula is C30H40FN3O2. The van der Waals surface area contributed by atoms with Gasteiger partial charge in [-0.05, 0) is 107 Å². The van der Waals surface area contributed by atoms with Gasteiger partial charge in [-0.15, -0.1) is 0 Å². The van der Waals surface area contributed by atoms with E-state index in [1.807, 2.05) is 13.8 Å². The number of nitrogens with zero attached hydrogens (tertiary/aromatic N) is 2. The number of likely N-dealkylation sites (tertiary alicyclic amines) is 1. The Morgan fingerprint density at radius 3 is 2.56 bits per heavy atom. The highest BCUT2D eigenvalue weighted by molar-refractivity contribution is 6.04. The molecule has 5 nitrogen and oxygen atoms in total. The Hall–Kier alpha value is -2.76. The van der Waals surface area contributed by atoms with Gasteiger partial charge >= 0.3 is 0 Å². The molecule has 1 aromatic carbocycles. The molecular weight excluding hydrogens is 453 g/mol. The number of benzene rings is 1. The minimum absolute atomic E-state index is 0.219. The molecule has 1 saturated heterocycles. The van der Waals surface area contributed by atoms with Crippen LogP contribution in [-0.4, -0.2) is 34.3 Å². The van der Waals surface area contributed by atoms with Gasteiger partial charge in [-0.25, -0.2) is 4.39 Å². The minimum atomic E-state index is -0.341. The van der Waals surface area contributed by atoms with Gasteiger partial charge in [-0.1, -0.05) is 19.3 Å². The number of amides is 2. The molecule has 1 N–H and O–H groups in total. The molecule has 1 aromatic heterocycles. The average Bonchev–Trinajstić information content (AvgIpc) is 3.06. The van der Waals surface area contributed by atoms with Gasteiger partial charge in [0.05, 0.1) is 5.56 Å². The Kier molecular flexibility index (Phi) is 8.76. The van der Waals surface area contributed by atoms with Crippen molar-refractivity contribution in [3.63, 3.8) is 0 Å². The van der Waals surface area contributed by atoms with Gasteiger partial charge in [0.2, 0.25) is 5.91 Å². The first-order chi connectivity index (χ1) is 17.3. The molecule has 2 atom stereocenters. The number of rotatable bonds is 6. The summed E-state index contributed by atoms with van der Waals surface area (Å²) < 4.78 is 14.5. The van der Waals surface area contributed by atoms with E-state index in [4.69, 9.17) is 0 Å². The van der Waals surface area contributed by atoms with E-state index in [1.54, 1.807) is 18.2 Å². The van der Waals surface area contributed by atoms with E-state index in [-0.39, 0.29) is 17.6 Å². The lowest BCUT2D eigenvalue weighted by Gasteiger charge is -2.32. The van der Waals surface area contributed by atoms with Crippen LogP contribution in [-0.2, 0) is 11.2 Å². The maximum absolute atomic E-state index is 14.5. The number of nitrogens with one attached hydrogen (secondary N) is 1. The van der Waals surface area contributed by atoms with Crippen molar-refractivity contribution in [1.82, 2.24) is 9.88 Å². The number of carbonyl (C=O) groups is 2. The third kappa shape index (κ3) is 6.51. The smallest absolute Gasteiger partial charge is 0.257 e. The maximum atomic E-state index is 14.5. The fourth-order valence-electron chi connectivity index (χ4n) is 5.80. The van der Waals surface area contributed by atoms with E-state index in [2.05, 4.69) is 22.1 Å². The molecule has 1 saturated carbocycles. The summed E-state index contributed by atoms with van der Waals surface area (Å²) in [5, 5.41) is 2.87. The van der Waals surface area contributed by atoms with Crippen LogP contribution in [0, 0.1) is 31.5 Å². The number of halogens is 1. The van der Waals surface area contributed by atoms with Crippen molar-refractivity contribution >= 4 is 17.5 Å².